The van der Waals surface area contributed by atoms with E-state index in [1.165, 1.54) is 6.42 Å². The number of amides is 2. The standard InChI is InChI=1S/C20H31N7O3S/c21-16-24-19(25-18-10-13-22-14-11-18)23-12-6-1-2-7-15-31(29,30)27-20(28)26-17-8-4-3-5-9-17/h10-11,13-14,17H,1-9,12,15H2,(H2,26,27,28)(H2,22,23,24,25). The van der Waals surface area contributed by atoms with Crippen molar-refractivity contribution in [3.8, 4) is 6.19 Å². The van der Waals surface area contributed by atoms with Crippen molar-refractivity contribution >= 4 is 27.7 Å². The predicted molar refractivity (Wildman–Crippen MR) is 120 cm³/mol. The molecule has 2 rings (SSSR count). The first-order valence-corrected chi connectivity index (χ1v) is 12.3. The van der Waals surface area contributed by atoms with E-state index in [1.54, 1.807) is 24.5 Å². The van der Waals surface area contributed by atoms with Gasteiger partial charge in [-0.05, 0) is 37.8 Å². The largest absolute Gasteiger partial charge is 0.335 e. The summed E-state index contributed by atoms with van der Waals surface area (Å²) in [5.41, 5.74) is 0.765. The first-order valence-electron chi connectivity index (χ1n) is 10.7. The van der Waals surface area contributed by atoms with Gasteiger partial charge in [0.15, 0.2) is 6.19 Å². The highest BCUT2D eigenvalue weighted by atomic mass is 32.2. The number of hydrogen-bond acceptors (Lipinski definition) is 6. The van der Waals surface area contributed by atoms with Crippen LogP contribution in [0.4, 0.5) is 10.5 Å². The minimum atomic E-state index is -3.63. The summed E-state index contributed by atoms with van der Waals surface area (Å²) in [4.78, 5) is 20.1. The number of pyridine rings is 1. The lowest BCUT2D eigenvalue weighted by atomic mass is 9.96. The molecule has 11 heteroatoms. The summed E-state index contributed by atoms with van der Waals surface area (Å²) in [6.07, 6.45) is 12.9. The van der Waals surface area contributed by atoms with Crippen LogP contribution in [0.1, 0.15) is 57.8 Å². The Kier molecular flexibility index (Phi) is 10.6. The van der Waals surface area contributed by atoms with Crippen LogP contribution in [0.2, 0.25) is 0 Å². The number of guanidine groups is 1. The SMILES string of the molecule is N#CNC(=NCCCCCCS(=O)(=O)NC(=O)NC1CCCCC1)Nc1ccncc1. The summed E-state index contributed by atoms with van der Waals surface area (Å²) in [5, 5.41) is 17.1. The van der Waals surface area contributed by atoms with E-state index < -0.39 is 16.1 Å². The Morgan fingerprint density at radius 1 is 1.13 bits per heavy atom. The summed E-state index contributed by atoms with van der Waals surface area (Å²) < 4.78 is 26.2. The number of nitriles is 1. The maximum atomic E-state index is 12.1. The van der Waals surface area contributed by atoms with Gasteiger partial charge < -0.3 is 10.6 Å². The fourth-order valence-electron chi connectivity index (χ4n) is 3.34. The molecule has 1 aromatic rings. The van der Waals surface area contributed by atoms with E-state index in [9.17, 15) is 13.2 Å². The van der Waals surface area contributed by atoms with Crippen molar-refractivity contribution in [1.29, 1.82) is 5.26 Å². The lowest BCUT2D eigenvalue weighted by molar-refractivity contribution is 0.237. The Morgan fingerprint density at radius 2 is 1.84 bits per heavy atom. The van der Waals surface area contributed by atoms with E-state index in [2.05, 4.69) is 30.6 Å². The number of unbranched alkanes of at least 4 members (excludes halogenated alkanes) is 3. The molecule has 4 N–H and O–H groups in total. The third-order valence-electron chi connectivity index (χ3n) is 4.90. The number of hydrogen-bond donors (Lipinski definition) is 4. The number of anilines is 1. The number of aliphatic imine (C=N–C) groups is 1. The third-order valence-corrected chi connectivity index (χ3v) is 6.22. The first-order chi connectivity index (χ1) is 15.0. The maximum Gasteiger partial charge on any atom is 0.328 e. The molecular weight excluding hydrogens is 418 g/mol. The Balaban J connectivity index is 1.61. The van der Waals surface area contributed by atoms with Crippen molar-refractivity contribution in [2.24, 2.45) is 4.99 Å². The second-order valence-corrected chi connectivity index (χ2v) is 9.31. The Bertz CT molecular complexity index is 847. The molecule has 31 heavy (non-hydrogen) atoms. The molecule has 1 heterocycles. The van der Waals surface area contributed by atoms with Gasteiger partial charge in [-0.2, -0.15) is 5.26 Å². The highest BCUT2D eigenvalue weighted by Gasteiger charge is 2.19. The van der Waals surface area contributed by atoms with Gasteiger partial charge in [0.2, 0.25) is 16.0 Å². The smallest absolute Gasteiger partial charge is 0.328 e. The van der Waals surface area contributed by atoms with Gasteiger partial charge in [-0.15, -0.1) is 0 Å². The molecule has 0 unspecified atom stereocenters. The Morgan fingerprint density at radius 3 is 2.55 bits per heavy atom. The molecule has 1 fully saturated rings. The average molecular weight is 450 g/mol. The topological polar surface area (TPSA) is 148 Å². The fraction of sp³-hybridized carbons (Fsp3) is 0.600. The van der Waals surface area contributed by atoms with Crippen LogP contribution in [0, 0.1) is 11.5 Å². The van der Waals surface area contributed by atoms with E-state index in [1.807, 2.05) is 6.19 Å². The third kappa shape index (κ3) is 10.6. The second kappa shape index (κ2) is 13.4. The van der Waals surface area contributed by atoms with Crippen LogP contribution in [-0.2, 0) is 10.0 Å². The quantitative estimate of drug-likeness (QED) is 0.141. The van der Waals surface area contributed by atoms with Gasteiger partial charge >= 0.3 is 6.03 Å². The van der Waals surface area contributed by atoms with Crippen LogP contribution < -0.4 is 20.7 Å². The van der Waals surface area contributed by atoms with Crippen LogP contribution in [0.15, 0.2) is 29.5 Å². The molecule has 0 radical (unpaired) electrons. The molecule has 0 spiro atoms. The highest BCUT2D eigenvalue weighted by Crippen LogP contribution is 2.17. The normalized spacial score (nSPS) is 15.0. The molecule has 1 saturated carbocycles. The Labute approximate surface area is 184 Å². The van der Waals surface area contributed by atoms with Crippen LogP contribution in [0.5, 0.6) is 0 Å². The molecule has 10 nitrogen and oxygen atoms in total. The second-order valence-electron chi connectivity index (χ2n) is 7.47. The molecule has 0 aromatic carbocycles. The lowest BCUT2D eigenvalue weighted by Gasteiger charge is -2.22. The van der Waals surface area contributed by atoms with E-state index in [4.69, 9.17) is 5.26 Å². The molecular formula is C20H31N7O3S. The molecule has 1 aliphatic rings. The Hall–Kier alpha value is -2.87. The van der Waals surface area contributed by atoms with E-state index in [-0.39, 0.29) is 11.8 Å². The van der Waals surface area contributed by atoms with Gasteiger partial charge in [-0.3, -0.25) is 15.3 Å². The fourth-order valence-corrected chi connectivity index (χ4v) is 4.37. The molecule has 170 valence electrons. The number of nitrogens with zero attached hydrogens (tertiary/aromatic N) is 3. The van der Waals surface area contributed by atoms with Crippen molar-refractivity contribution in [2.45, 2.75) is 63.8 Å². The van der Waals surface area contributed by atoms with Crippen molar-refractivity contribution < 1.29 is 13.2 Å². The minimum Gasteiger partial charge on any atom is -0.335 e. The number of nitrogens with one attached hydrogen (secondary N) is 4. The summed E-state index contributed by atoms with van der Waals surface area (Å²) >= 11 is 0. The number of aromatic nitrogens is 1. The summed E-state index contributed by atoms with van der Waals surface area (Å²) in [7, 11) is -3.63. The van der Waals surface area contributed by atoms with Crippen molar-refractivity contribution in [1.82, 2.24) is 20.3 Å². The number of rotatable bonds is 10. The minimum absolute atomic E-state index is 0.0676. The molecule has 0 saturated heterocycles. The van der Waals surface area contributed by atoms with E-state index >= 15 is 0 Å². The van der Waals surface area contributed by atoms with Crippen LogP contribution in [0.25, 0.3) is 0 Å². The molecule has 1 aromatic heterocycles. The van der Waals surface area contributed by atoms with Crippen molar-refractivity contribution in [3.63, 3.8) is 0 Å². The maximum absolute atomic E-state index is 12.1. The number of carbonyl (C=O) groups is 1. The number of urea groups is 1. The number of carbonyl (C=O) groups excluding carboxylic acids is 1. The van der Waals surface area contributed by atoms with Crippen molar-refractivity contribution in [2.75, 3.05) is 17.6 Å². The van der Waals surface area contributed by atoms with Crippen LogP contribution in [-0.4, -0.2) is 43.7 Å². The van der Waals surface area contributed by atoms with Gasteiger partial charge in [0, 0.05) is 30.7 Å². The zero-order chi connectivity index (χ0) is 22.4. The molecule has 0 aliphatic heterocycles. The zero-order valence-electron chi connectivity index (χ0n) is 17.6. The van der Waals surface area contributed by atoms with Gasteiger partial charge in [0.1, 0.15) is 0 Å². The van der Waals surface area contributed by atoms with E-state index in [0.29, 0.717) is 25.3 Å². The van der Waals surface area contributed by atoms with Crippen LogP contribution >= 0.6 is 0 Å². The van der Waals surface area contributed by atoms with Crippen molar-refractivity contribution in [3.05, 3.63) is 24.5 Å². The van der Waals surface area contributed by atoms with Gasteiger partial charge in [-0.1, -0.05) is 32.1 Å². The molecule has 2 amide bonds. The highest BCUT2D eigenvalue weighted by molar-refractivity contribution is 7.90. The van der Waals surface area contributed by atoms with Gasteiger partial charge in [-0.25, -0.2) is 17.9 Å². The zero-order valence-corrected chi connectivity index (χ0v) is 18.5. The summed E-state index contributed by atoms with van der Waals surface area (Å²) in [6.45, 7) is 0.497. The number of sulfonamides is 1. The van der Waals surface area contributed by atoms with Gasteiger partial charge in [0.05, 0.1) is 5.75 Å². The molecule has 0 atom stereocenters. The predicted octanol–water partition coefficient (Wildman–Crippen LogP) is 2.44. The van der Waals surface area contributed by atoms with Crippen LogP contribution in [0.3, 0.4) is 0 Å². The summed E-state index contributed by atoms with van der Waals surface area (Å²) in [6, 6.07) is 2.97. The molecule has 0 bridgehead atoms. The average Bonchev–Trinajstić information content (AvgIpc) is 2.74. The monoisotopic (exact) mass is 449 g/mol. The van der Waals surface area contributed by atoms with E-state index in [0.717, 1.165) is 44.2 Å². The molecule has 1 aliphatic carbocycles. The van der Waals surface area contributed by atoms with Gasteiger partial charge in [0.25, 0.3) is 0 Å². The lowest BCUT2D eigenvalue weighted by Crippen LogP contribution is -2.45. The summed E-state index contributed by atoms with van der Waals surface area (Å²) in [5.74, 6) is 0.267. The first kappa shape index (κ1) is 24.4.